The van der Waals surface area contributed by atoms with Gasteiger partial charge in [0.25, 0.3) is 0 Å². The zero-order valence-corrected chi connectivity index (χ0v) is 24.0. The molecule has 40 heavy (non-hydrogen) atoms. The fourth-order valence-corrected chi connectivity index (χ4v) is 6.78. The number of nitrogens with two attached hydrogens (primary N) is 1. The van der Waals surface area contributed by atoms with Crippen molar-refractivity contribution >= 4 is 45.6 Å². The molecule has 1 amide bonds. The summed E-state index contributed by atoms with van der Waals surface area (Å²) >= 11 is 2.54. The molecule has 9 nitrogen and oxygen atoms in total. The van der Waals surface area contributed by atoms with Gasteiger partial charge >= 0.3 is 0 Å². The number of rotatable bonds is 7. The van der Waals surface area contributed by atoms with Crippen molar-refractivity contribution in [3.05, 3.63) is 81.8 Å². The number of allylic oxidation sites excluding steroid dienone is 3. The lowest BCUT2D eigenvalue weighted by Gasteiger charge is -2.38. The molecule has 1 aliphatic carbocycles. The molecule has 3 N–H and O–H groups in total. The molecule has 2 aromatic carbocycles. The number of benzene rings is 2. The predicted molar refractivity (Wildman–Crippen MR) is 156 cm³/mol. The smallest absolute Gasteiger partial charge is 0.234 e. The molecule has 1 aliphatic heterocycles. The Morgan fingerprint density at radius 2 is 1.93 bits per heavy atom. The van der Waals surface area contributed by atoms with E-state index in [-0.39, 0.29) is 28.8 Å². The van der Waals surface area contributed by atoms with Crippen LogP contribution < -0.4 is 20.7 Å². The zero-order chi connectivity index (χ0) is 28.4. The maximum absolute atomic E-state index is 13.3. The van der Waals surface area contributed by atoms with Crippen molar-refractivity contribution in [1.29, 1.82) is 5.26 Å². The first-order chi connectivity index (χ1) is 19.3. The number of nitrogens with zero attached hydrogens (tertiary/aromatic N) is 4. The highest BCUT2D eigenvalue weighted by Gasteiger charge is 2.41. The Kier molecular flexibility index (Phi) is 7.91. The van der Waals surface area contributed by atoms with Gasteiger partial charge < -0.3 is 15.8 Å². The van der Waals surface area contributed by atoms with Crippen molar-refractivity contribution in [2.24, 2.45) is 5.73 Å². The number of anilines is 2. The summed E-state index contributed by atoms with van der Waals surface area (Å²) in [5.74, 6) is 0.358. The lowest BCUT2D eigenvalue weighted by Crippen LogP contribution is -2.38. The molecule has 2 aliphatic rings. The Morgan fingerprint density at radius 3 is 2.60 bits per heavy atom. The number of carbonyl (C=O) groups is 2. The van der Waals surface area contributed by atoms with Crippen LogP contribution in [0.15, 0.2) is 69.5 Å². The number of methoxy groups -OCH3 is 1. The number of amides is 1. The molecular weight excluding hydrogens is 544 g/mol. The third kappa shape index (κ3) is 5.20. The van der Waals surface area contributed by atoms with Crippen LogP contribution in [-0.2, 0) is 9.59 Å². The topological polar surface area (TPSA) is 134 Å². The van der Waals surface area contributed by atoms with Crippen LogP contribution in [0.4, 0.5) is 10.8 Å². The van der Waals surface area contributed by atoms with E-state index >= 15 is 0 Å². The second kappa shape index (κ2) is 11.5. The number of nitrogens with one attached hydrogen (secondary N) is 1. The van der Waals surface area contributed by atoms with Crippen molar-refractivity contribution < 1.29 is 14.3 Å². The number of nitriles is 1. The van der Waals surface area contributed by atoms with Gasteiger partial charge in [0.15, 0.2) is 10.1 Å². The van der Waals surface area contributed by atoms with Gasteiger partial charge in [-0.1, -0.05) is 53.4 Å². The van der Waals surface area contributed by atoms with Crippen LogP contribution in [0.25, 0.3) is 0 Å². The summed E-state index contributed by atoms with van der Waals surface area (Å²) in [7, 11) is 1.59. The monoisotopic (exact) mass is 572 g/mol. The van der Waals surface area contributed by atoms with Gasteiger partial charge in [-0.3, -0.25) is 14.5 Å². The van der Waals surface area contributed by atoms with Gasteiger partial charge in [0.2, 0.25) is 11.0 Å². The number of aryl methyl sites for hydroxylation is 2. The number of para-hydroxylation sites is 1. The van der Waals surface area contributed by atoms with Gasteiger partial charge in [0.1, 0.15) is 11.6 Å². The number of ether oxygens (including phenoxy) is 1. The number of carbonyl (C=O) groups excluding carboxylic acids is 2. The largest absolute Gasteiger partial charge is 0.497 e. The second-order valence-corrected chi connectivity index (χ2v) is 11.7. The van der Waals surface area contributed by atoms with Crippen LogP contribution in [-0.4, -0.2) is 34.8 Å². The summed E-state index contributed by atoms with van der Waals surface area (Å²) in [5, 5.41) is 22.2. The number of aromatic nitrogens is 2. The fraction of sp³-hybridized carbons (Fsp3) is 0.276. The van der Waals surface area contributed by atoms with E-state index in [1.54, 1.807) is 12.0 Å². The van der Waals surface area contributed by atoms with Crippen LogP contribution in [0.3, 0.4) is 0 Å². The van der Waals surface area contributed by atoms with Crippen LogP contribution in [0, 0.1) is 25.2 Å². The molecule has 5 rings (SSSR count). The predicted octanol–water partition coefficient (Wildman–Crippen LogP) is 5.20. The average molecular weight is 573 g/mol. The summed E-state index contributed by atoms with van der Waals surface area (Å²) in [6, 6.07) is 15.5. The van der Waals surface area contributed by atoms with E-state index < -0.39 is 5.92 Å². The van der Waals surface area contributed by atoms with Crippen LogP contribution >= 0.6 is 23.1 Å². The van der Waals surface area contributed by atoms with E-state index in [1.807, 2.05) is 56.3 Å². The van der Waals surface area contributed by atoms with Crippen LogP contribution in [0.1, 0.15) is 41.9 Å². The van der Waals surface area contributed by atoms with Gasteiger partial charge in [0.05, 0.1) is 30.4 Å². The van der Waals surface area contributed by atoms with Gasteiger partial charge in [-0.2, -0.15) is 5.26 Å². The molecule has 0 radical (unpaired) electrons. The van der Waals surface area contributed by atoms with Gasteiger partial charge in [0, 0.05) is 23.4 Å². The van der Waals surface area contributed by atoms with Crippen LogP contribution in [0.2, 0.25) is 0 Å². The third-order valence-corrected chi connectivity index (χ3v) is 9.06. The number of hydrogen-bond acceptors (Lipinski definition) is 10. The number of thioether (sulfide) groups is 1. The van der Waals surface area contributed by atoms with E-state index in [1.165, 1.54) is 23.1 Å². The Hall–Kier alpha value is -4.14. The summed E-state index contributed by atoms with van der Waals surface area (Å²) < 4.78 is 5.86. The van der Waals surface area contributed by atoms with E-state index in [9.17, 15) is 14.9 Å². The Labute approximate surface area is 240 Å². The molecule has 0 saturated heterocycles. The first-order valence-corrected chi connectivity index (χ1v) is 14.5. The minimum Gasteiger partial charge on any atom is -0.497 e. The van der Waals surface area contributed by atoms with Gasteiger partial charge in [-0.25, -0.2) is 0 Å². The zero-order valence-electron chi connectivity index (χ0n) is 22.4. The second-order valence-electron chi connectivity index (χ2n) is 9.54. The average Bonchev–Trinajstić information content (AvgIpc) is 3.42. The third-order valence-electron chi connectivity index (χ3n) is 7.02. The number of Topliss-reactive ketones (excluding diaryl/α,β-unsaturated/α-hetero) is 1. The Bertz CT molecular complexity index is 1570. The van der Waals surface area contributed by atoms with Crippen molar-refractivity contribution in [3.63, 3.8) is 0 Å². The minimum absolute atomic E-state index is 0.00500. The van der Waals surface area contributed by atoms with Crippen molar-refractivity contribution in [2.45, 2.75) is 43.4 Å². The molecule has 0 fully saturated rings. The van der Waals surface area contributed by atoms with E-state index in [2.05, 4.69) is 21.6 Å². The summed E-state index contributed by atoms with van der Waals surface area (Å²) in [6.07, 6.45) is 1.70. The first-order valence-electron chi connectivity index (χ1n) is 12.7. The first kappa shape index (κ1) is 27.4. The highest BCUT2D eigenvalue weighted by Crippen LogP contribution is 2.47. The number of hydrogen-bond donors (Lipinski definition) is 2. The van der Waals surface area contributed by atoms with E-state index in [0.717, 1.165) is 28.1 Å². The molecule has 0 bridgehead atoms. The van der Waals surface area contributed by atoms with Crippen molar-refractivity contribution in [3.8, 4) is 11.8 Å². The standard InChI is InChI=1S/C29H28N6O3S2/c1-16-6-4-7-17(2)26(16)32-23(37)15-39-29-34-33-28(40-29)35-21-8-5-9-22(36)25(21)24(20(14-30)27(35)31)18-10-12-19(38-3)13-11-18/h4,6-7,10-13,24H,5,8-9,15,31H2,1-3H3,(H,32,37). The van der Waals surface area contributed by atoms with Crippen molar-refractivity contribution in [1.82, 2.24) is 10.2 Å². The lowest BCUT2D eigenvalue weighted by atomic mass is 9.76. The normalized spacial score (nSPS) is 17.0. The summed E-state index contributed by atoms with van der Waals surface area (Å²) in [6.45, 7) is 3.91. The van der Waals surface area contributed by atoms with Crippen molar-refractivity contribution in [2.75, 3.05) is 23.1 Å². The van der Waals surface area contributed by atoms with Crippen LogP contribution in [0.5, 0.6) is 5.75 Å². The maximum Gasteiger partial charge on any atom is 0.234 e. The fourth-order valence-electron chi connectivity index (χ4n) is 5.10. The SMILES string of the molecule is COc1ccc(C2C(C#N)=C(N)N(c3nnc(SCC(=O)Nc4c(C)cccc4C)s3)C3=C2C(=O)CCC3)cc1. The van der Waals surface area contributed by atoms with Gasteiger partial charge in [-0.05, 0) is 55.5 Å². The minimum atomic E-state index is -0.565. The Balaban J connectivity index is 1.42. The quantitative estimate of drug-likeness (QED) is 0.366. The Morgan fingerprint density at radius 1 is 1.20 bits per heavy atom. The molecule has 11 heteroatoms. The maximum atomic E-state index is 13.3. The molecular formula is C29H28N6O3S2. The number of ketones is 1. The van der Waals surface area contributed by atoms with E-state index in [4.69, 9.17) is 10.5 Å². The molecule has 1 atom stereocenters. The molecule has 1 aromatic heterocycles. The highest BCUT2D eigenvalue weighted by molar-refractivity contribution is 8.01. The molecule has 1 unspecified atom stereocenters. The molecule has 204 valence electrons. The summed E-state index contributed by atoms with van der Waals surface area (Å²) in [4.78, 5) is 27.7. The molecule has 2 heterocycles. The molecule has 0 spiro atoms. The molecule has 3 aromatic rings. The van der Waals surface area contributed by atoms with E-state index in [0.29, 0.717) is 40.1 Å². The summed E-state index contributed by atoms with van der Waals surface area (Å²) in [5.41, 5.74) is 11.8. The highest BCUT2D eigenvalue weighted by atomic mass is 32.2. The van der Waals surface area contributed by atoms with Gasteiger partial charge in [-0.15, -0.1) is 10.2 Å². The molecule has 0 saturated carbocycles. The lowest BCUT2D eigenvalue weighted by molar-refractivity contribution is -0.116.